The maximum atomic E-state index is 13.4. The average Bonchev–Trinajstić information content (AvgIpc) is 3.30. The molecule has 10 heteroatoms. The first kappa shape index (κ1) is 27.4. The summed E-state index contributed by atoms with van der Waals surface area (Å²) in [7, 11) is 3.13. The van der Waals surface area contributed by atoms with Crippen LogP contribution in [-0.2, 0) is 23.8 Å². The molecule has 0 bridgehead atoms. The van der Waals surface area contributed by atoms with Gasteiger partial charge in [0.15, 0.2) is 5.17 Å². The van der Waals surface area contributed by atoms with Crippen molar-refractivity contribution in [1.29, 1.82) is 0 Å². The van der Waals surface area contributed by atoms with Gasteiger partial charge in [-0.3, -0.25) is 4.79 Å². The highest BCUT2D eigenvalue weighted by Crippen LogP contribution is 2.45. The van der Waals surface area contributed by atoms with Gasteiger partial charge in [0.2, 0.25) is 5.91 Å². The first-order chi connectivity index (χ1) is 18.5. The quantitative estimate of drug-likeness (QED) is 0.314. The minimum atomic E-state index is -0.565. The number of thioether (sulfide) groups is 1. The molecule has 2 aromatic carbocycles. The number of allylic oxidation sites excluding steroid dienone is 1. The Hall–Kier alpha value is -3.60. The predicted molar refractivity (Wildman–Crippen MR) is 146 cm³/mol. The van der Waals surface area contributed by atoms with Gasteiger partial charge in [-0.25, -0.2) is 9.79 Å². The zero-order chi connectivity index (χ0) is 26.9. The number of nitrogens with zero attached hydrogens (tertiary/aromatic N) is 2. The van der Waals surface area contributed by atoms with Gasteiger partial charge in [0.25, 0.3) is 0 Å². The first-order valence-corrected chi connectivity index (χ1v) is 13.1. The van der Waals surface area contributed by atoms with Crippen LogP contribution < -0.4 is 10.1 Å². The van der Waals surface area contributed by atoms with Crippen LogP contribution in [-0.4, -0.2) is 62.5 Å². The van der Waals surface area contributed by atoms with Crippen molar-refractivity contribution in [1.82, 2.24) is 10.2 Å². The number of ether oxygens (including phenoxy) is 4. The lowest BCUT2D eigenvalue weighted by atomic mass is 9.93. The van der Waals surface area contributed by atoms with Crippen LogP contribution in [0.4, 0.5) is 0 Å². The van der Waals surface area contributed by atoms with E-state index in [4.69, 9.17) is 23.9 Å². The van der Waals surface area contributed by atoms with Gasteiger partial charge in [-0.1, -0.05) is 42.1 Å². The smallest absolute Gasteiger partial charge is 0.338 e. The number of rotatable bonds is 12. The number of nitrogens with one attached hydrogen (secondary N) is 1. The van der Waals surface area contributed by atoms with Crippen molar-refractivity contribution in [2.24, 2.45) is 4.99 Å². The van der Waals surface area contributed by atoms with Crippen LogP contribution in [0, 0.1) is 0 Å². The summed E-state index contributed by atoms with van der Waals surface area (Å²) in [6.07, 6.45) is 0.123. The first-order valence-electron chi connectivity index (χ1n) is 12.2. The summed E-state index contributed by atoms with van der Waals surface area (Å²) < 4.78 is 21.7. The van der Waals surface area contributed by atoms with E-state index in [0.717, 1.165) is 11.3 Å². The zero-order valence-corrected chi connectivity index (χ0v) is 22.5. The van der Waals surface area contributed by atoms with Gasteiger partial charge < -0.3 is 29.2 Å². The summed E-state index contributed by atoms with van der Waals surface area (Å²) in [6, 6.07) is 16.5. The standard InChI is InChI=1S/C28H31N3O6S/c1-19-25(27(33)36-15-14-35-3)26(20-8-7-11-23(16-20)37-22-9-5-4-6-10-22)31-21(18-38-28(31)30-19)17-24(32)29-12-13-34-2/h4-11,16,18,26H,12-15,17H2,1-3H3,(H,29,32)/t26-/m1/s1. The lowest BCUT2D eigenvalue weighted by molar-refractivity contribution is -0.141. The Balaban J connectivity index is 1.68. The largest absolute Gasteiger partial charge is 0.460 e. The van der Waals surface area contributed by atoms with Crippen molar-refractivity contribution >= 4 is 28.8 Å². The molecule has 0 spiro atoms. The number of amidine groups is 1. The molecule has 38 heavy (non-hydrogen) atoms. The number of carbonyl (C=O) groups excluding carboxylic acids is 2. The van der Waals surface area contributed by atoms with Crippen molar-refractivity contribution in [3.63, 3.8) is 0 Å². The Morgan fingerprint density at radius 1 is 1.00 bits per heavy atom. The molecule has 0 aromatic heterocycles. The second-order valence-corrected chi connectivity index (χ2v) is 9.37. The third-order valence-corrected chi connectivity index (χ3v) is 6.75. The molecule has 2 aliphatic rings. The number of carbonyl (C=O) groups is 2. The fraction of sp³-hybridized carbons (Fsp3) is 0.321. The van der Waals surface area contributed by atoms with Gasteiger partial charge in [0.1, 0.15) is 18.1 Å². The highest BCUT2D eigenvalue weighted by molar-refractivity contribution is 8.16. The second-order valence-electron chi connectivity index (χ2n) is 8.53. The van der Waals surface area contributed by atoms with Crippen LogP contribution in [0.2, 0.25) is 0 Å². The van der Waals surface area contributed by atoms with E-state index in [-0.39, 0.29) is 25.5 Å². The van der Waals surface area contributed by atoms with E-state index in [2.05, 4.69) is 5.32 Å². The number of esters is 1. The number of benzene rings is 2. The highest BCUT2D eigenvalue weighted by Gasteiger charge is 2.41. The van der Waals surface area contributed by atoms with Gasteiger partial charge >= 0.3 is 5.97 Å². The third kappa shape index (κ3) is 6.63. The molecule has 4 rings (SSSR count). The molecular weight excluding hydrogens is 506 g/mol. The van der Waals surface area contributed by atoms with E-state index in [1.54, 1.807) is 21.1 Å². The van der Waals surface area contributed by atoms with Gasteiger partial charge in [-0.15, -0.1) is 0 Å². The van der Waals surface area contributed by atoms with Gasteiger partial charge in [0, 0.05) is 26.5 Å². The SMILES string of the molecule is COCCNC(=O)CC1=CSC2=NC(C)=C(C(=O)OCCOC)[C@@H](c3cccc(Oc4ccccc4)c3)N12. The van der Waals surface area contributed by atoms with Gasteiger partial charge in [-0.2, -0.15) is 0 Å². The van der Waals surface area contributed by atoms with Gasteiger partial charge in [0.05, 0.1) is 36.9 Å². The number of para-hydroxylation sites is 1. The van der Waals surface area contributed by atoms with Crippen LogP contribution in [0.5, 0.6) is 11.5 Å². The maximum absolute atomic E-state index is 13.4. The monoisotopic (exact) mass is 537 g/mol. The lowest BCUT2D eigenvalue weighted by Gasteiger charge is -2.36. The fourth-order valence-corrected chi connectivity index (χ4v) is 5.10. The van der Waals surface area contributed by atoms with Crippen LogP contribution in [0.15, 0.2) is 82.0 Å². The fourth-order valence-electron chi connectivity index (χ4n) is 4.13. The normalized spacial score (nSPS) is 16.5. The molecule has 0 fully saturated rings. The number of fused-ring (bicyclic) bond motifs is 1. The molecule has 9 nitrogen and oxygen atoms in total. The Morgan fingerprint density at radius 3 is 2.53 bits per heavy atom. The summed E-state index contributed by atoms with van der Waals surface area (Å²) in [5.41, 5.74) is 2.49. The van der Waals surface area contributed by atoms with E-state index in [0.29, 0.717) is 41.1 Å². The minimum Gasteiger partial charge on any atom is -0.460 e. The molecule has 0 radical (unpaired) electrons. The Kier molecular flexibility index (Phi) is 9.58. The number of hydrogen-bond acceptors (Lipinski definition) is 9. The molecule has 0 aliphatic carbocycles. The summed E-state index contributed by atoms with van der Waals surface area (Å²) in [5.74, 6) is 0.691. The summed E-state index contributed by atoms with van der Waals surface area (Å²) in [6.45, 7) is 3.03. The molecular formula is C28H31N3O6S. The number of methoxy groups -OCH3 is 2. The van der Waals surface area contributed by atoms with E-state index in [9.17, 15) is 9.59 Å². The molecule has 2 heterocycles. The van der Waals surface area contributed by atoms with Crippen molar-refractivity contribution < 1.29 is 28.5 Å². The topological polar surface area (TPSA) is 98.7 Å². The number of hydrogen-bond donors (Lipinski definition) is 1. The van der Waals surface area contributed by atoms with E-state index < -0.39 is 12.0 Å². The molecule has 2 aromatic rings. The second kappa shape index (κ2) is 13.3. The summed E-state index contributed by atoms with van der Waals surface area (Å²) in [5, 5.41) is 5.45. The molecule has 200 valence electrons. The van der Waals surface area contributed by atoms with E-state index in [1.165, 1.54) is 11.8 Å². The van der Waals surface area contributed by atoms with Crippen LogP contribution in [0.1, 0.15) is 24.9 Å². The Labute approximate surface area is 226 Å². The molecule has 0 saturated carbocycles. The van der Waals surface area contributed by atoms with Gasteiger partial charge in [-0.05, 0) is 42.2 Å². The van der Waals surface area contributed by atoms with Crippen molar-refractivity contribution in [2.45, 2.75) is 19.4 Å². The van der Waals surface area contributed by atoms with Crippen molar-refractivity contribution in [3.8, 4) is 11.5 Å². The van der Waals surface area contributed by atoms with E-state index >= 15 is 0 Å². The number of amides is 1. The Morgan fingerprint density at radius 2 is 1.76 bits per heavy atom. The Bertz CT molecular complexity index is 1240. The lowest BCUT2D eigenvalue weighted by Crippen LogP contribution is -2.38. The van der Waals surface area contributed by atoms with Crippen molar-refractivity contribution in [2.75, 3.05) is 40.6 Å². The third-order valence-electron chi connectivity index (χ3n) is 5.86. The minimum absolute atomic E-state index is 0.117. The highest BCUT2D eigenvalue weighted by atomic mass is 32.2. The van der Waals surface area contributed by atoms with E-state index in [1.807, 2.05) is 64.9 Å². The molecule has 1 amide bonds. The summed E-state index contributed by atoms with van der Waals surface area (Å²) in [4.78, 5) is 32.7. The van der Waals surface area contributed by atoms with Crippen LogP contribution >= 0.6 is 11.8 Å². The molecule has 2 aliphatic heterocycles. The van der Waals surface area contributed by atoms with Crippen LogP contribution in [0.3, 0.4) is 0 Å². The average molecular weight is 538 g/mol. The zero-order valence-electron chi connectivity index (χ0n) is 21.6. The predicted octanol–water partition coefficient (Wildman–Crippen LogP) is 4.40. The van der Waals surface area contributed by atoms with Crippen molar-refractivity contribution in [3.05, 3.63) is 82.5 Å². The number of aliphatic imine (C=N–C) groups is 1. The molecule has 1 atom stereocenters. The maximum Gasteiger partial charge on any atom is 0.338 e. The molecule has 1 N–H and O–H groups in total. The van der Waals surface area contributed by atoms with Crippen LogP contribution in [0.25, 0.3) is 0 Å². The molecule has 0 saturated heterocycles. The molecule has 0 unspecified atom stereocenters. The summed E-state index contributed by atoms with van der Waals surface area (Å²) >= 11 is 1.42.